The van der Waals surface area contributed by atoms with Gasteiger partial charge in [-0.3, -0.25) is 9.59 Å². The van der Waals surface area contributed by atoms with E-state index in [4.69, 9.17) is 14.7 Å². The fraction of sp³-hybridized carbons (Fsp3) is 0.510. The number of benzene rings is 3. The number of aliphatic hydroxyl groups is 2. The van der Waals surface area contributed by atoms with E-state index in [1.807, 2.05) is 26.0 Å². The van der Waals surface area contributed by atoms with E-state index < -0.39 is 54.5 Å². The molecule has 4 amide bonds. The molecule has 352 valence electrons. The lowest BCUT2D eigenvalue weighted by Crippen LogP contribution is -2.51. The number of imidazole rings is 2. The number of aromatic nitrogens is 4. The van der Waals surface area contributed by atoms with Gasteiger partial charge in [-0.25, -0.2) is 19.6 Å². The number of carbonyl (C=O) groups excluding carboxylic acids is 3. The van der Waals surface area contributed by atoms with Crippen molar-refractivity contribution in [2.24, 2.45) is 11.8 Å². The average molecular weight is 906 g/mol. The largest absolute Gasteiger partial charge is 0.465 e. The normalized spacial score (nSPS) is 23.3. The van der Waals surface area contributed by atoms with Crippen LogP contribution in [0.5, 0.6) is 0 Å². The second-order valence-corrected chi connectivity index (χ2v) is 19.9. The van der Waals surface area contributed by atoms with Crippen LogP contribution in [0.15, 0.2) is 60.7 Å². The van der Waals surface area contributed by atoms with E-state index in [9.17, 15) is 34.5 Å². The maximum Gasteiger partial charge on any atom is 0.407 e. The number of rotatable bonds is 11. The summed E-state index contributed by atoms with van der Waals surface area (Å²) in [4.78, 5) is 73.9. The molecule has 3 aliphatic rings. The number of fused-ring (bicyclic) bond motifs is 2. The van der Waals surface area contributed by atoms with E-state index in [1.54, 1.807) is 18.7 Å². The molecule has 8 atom stereocenters. The molecule has 5 aromatic rings. The zero-order valence-corrected chi connectivity index (χ0v) is 38.9. The van der Waals surface area contributed by atoms with Gasteiger partial charge in [-0.15, -0.1) is 0 Å². The van der Waals surface area contributed by atoms with Crippen LogP contribution in [0.2, 0.25) is 0 Å². The summed E-state index contributed by atoms with van der Waals surface area (Å²) in [6, 6.07) is 18.3. The summed E-state index contributed by atoms with van der Waals surface area (Å²) < 4.78 is 4.79. The van der Waals surface area contributed by atoms with Gasteiger partial charge in [0.1, 0.15) is 23.7 Å². The SMILES string of the molecule is COC(=O)N[C@H](C(=O)N1C[C@@H](O)C[C@H]1c1nc2cc([C@H]3CC[C@H](c4ccc5nc([C@@H]6C[C@H](O)CN6C(=O)[C@@H](NC(=O)O)C(C)C)[nH]c5c4)N3c3ccc(C(C)(C)C)cc3)ccc2[nH]1)C(C)C. The third kappa shape index (κ3) is 9.14. The van der Waals surface area contributed by atoms with E-state index in [-0.39, 0.29) is 54.8 Å². The topological polar surface area (TPSA) is 229 Å². The zero-order valence-electron chi connectivity index (χ0n) is 38.9. The van der Waals surface area contributed by atoms with E-state index in [2.05, 4.69) is 94.8 Å². The van der Waals surface area contributed by atoms with Crippen LogP contribution in [0, 0.1) is 11.8 Å². The van der Waals surface area contributed by atoms with Crippen molar-refractivity contribution in [3.63, 3.8) is 0 Å². The molecule has 17 nitrogen and oxygen atoms in total. The number of carbonyl (C=O) groups is 4. The van der Waals surface area contributed by atoms with Crippen LogP contribution in [-0.2, 0) is 19.7 Å². The third-order valence-electron chi connectivity index (χ3n) is 13.6. The van der Waals surface area contributed by atoms with Crippen molar-refractivity contribution in [2.75, 3.05) is 25.1 Å². The van der Waals surface area contributed by atoms with Crippen molar-refractivity contribution in [1.82, 2.24) is 40.4 Å². The van der Waals surface area contributed by atoms with Crippen LogP contribution in [0.25, 0.3) is 22.1 Å². The van der Waals surface area contributed by atoms with Crippen LogP contribution in [0.3, 0.4) is 0 Å². The number of hydrogen-bond donors (Lipinski definition) is 7. The fourth-order valence-corrected chi connectivity index (χ4v) is 10.1. The molecule has 0 aliphatic carbocycles. The summed E-state index contributed by atoms with van der Waals surface area (Å²) in [6.45, 7) is 14.0. The van der Waals surface area contributed by atoms with E-state index in [0.717, 1.165) is 51.7 Å². The number of anilines is 1. The van der Waals surface area contributed by atoms with Gasteiger partial charge in [0, 0.05) is 31.6 Å². The van der Waals surface area contributed by atoms with Crippen LogP contribution in [0.1, 0.15) is 127 Å². The van der Waals surface area contributed by atoms with E-state index >= 15 is 0 Å². The highest BCUT2D eigenvalue weighted by molar-refractivity contribution is 5.87. The Labute approximate surface area is 384 Å². The number of β-amino-alcohol motifs (C(OH)–C–C–N with tert-alkyl or cyclic N) is 2. The number of aliphatic hydroxyl groups excluding tert-OH is 2. The van der Waals surface area contributed by atoms with Crippen molar-refractivity contribution in [3.8, 4) is 0 Å². The zero-order chi connectivity index (χ0) is 47.4. The second-order valence-electron chi connectivity index (χ2n) is 19.9. The van der Waals surface area contributed by atoms with Gasteiger partial charge in [-0.2, -0.15) is 0 Å². The molecule has 0 spiro atoms. The Kier molecular flexibility index (Phi) is 12.8. The van der Waals surface area contributed by atoms with Gasteiger partial charge < -0.3 is 55.4 Å². The Hall–Kier alpha value is -6.20. The second kappa shape index (κ2) is 18.2. The lowest BCUT2D eigenvalue weighted by molar-refractivity contribution is -0.136. The van der Waals surface area contributed by atoms with Gasteiger partial charge in [0.05, 0.1) is 65.6 Å². The minimum Gasteiger partial charge on any atom is -0.465 e. The average Bonchev–Trinajstić information content (AvgIpc) is 4.12. The van der Waals surface area contributed by atoms with Crippen LogP contribution < -0.4 is 15.5 Å². The maximum absolute atomic E-state index is 13.9. The highest BCUT2D eigenvalue weighted by atomic mass is 16.5. The third-order valence-corrected chi connectivity index (χ3v) is 13.6. The van der Waals surface area contributed by atoms with Crippen LogP contribution in [-0.4, -0.2) is 114 Å². The van der Waals surface area contributed by atoms with Gasteiger partial charge in [-0.05, 0) is 83.2 Å². The number of H-pyrrole nitrogens is 2. The molecule has 0 saturated carbocycles. The minimum atomic E-state index is -1.28. The molecule has 0 unspecified atom stereocenters. The summed E-state index contributed by atoms with van der Waals surface area (Å²) >= 11 is 0. The number of nitrogens with zero attached hydrogens (tertiary/aromatic N) is 5. The first-order valence-corrected chi connectivity index (χ1v) is 23.0. The number of alkyl carbamates (subject to hydrolysis) is 1. The predicted molar refractivity (Wildman–Crippen MR) is 249 cm³/mol. The molecule has 3 aromatic carbocycles. The van der Waals surface area contributed by atoms with Gasteiger partial charge in [0.15, 0.2) is 0 Å². The molecule has 0 radical (unpaired) electrons. The molecule has 0 bridgehead atoms. The highest BCUT2D eigenvalue weighted by Crippen LogP contribution is 2.48. The Morgan fingerprint density at radius 3 is 1.74 bits per heavy atom. The standard InChI is InChI=1S/C49H63N9O8/c1-25(2)41(54-47(63)64)45(61)56-23-31(59)21-39(56)43-50-33-15-9-27(19-35(33)52-43)37-17-18-38(58(37)30-13-11-29(12-14-30)49(5,6)7)28-10-16-34-36(20-28)53-44(51-34)40-22-32(60)24-57(40)46(62)42(26(3)4)55-48(65)66-8/h9-16,19-20,25-26,31-32,37-42,54,59-60H,17-18,21-24H2,1-8H3,(H,50,52)(H,51,53)(H,55,65)(H,63,64)/t31-,32-,37+,38+,39-,40-,41-,42-/m0/s1. The first-order valence-electron chi connectivity index (χ1n) is 23.0. The Morgan fingerprint density at radius 2 is 1.21 bits per heavy atom. The van der Waals surface area contributed by atoms with Crippen molar-refractivity contribution >= 4 is 51.8 Å². The first-order chi connectivity index (χ1) is 31.3. The van der Waals surface area contributed by atoms with Crippen molar-refractivity contribution in [3.05, 3.63) is 89.0 Å². The predicted octanol–water partition coefficient (Wildman–Crippen LogP) is 6.76. The smallest absolute Gasteiger partial charge is 0.407 e. The van der Waals surface area contributed by atoms with Gasteiger partial charge in [0.25, 0.3) is 0 Å². The number of ether oxygens (including phenoxy) is 1. The Balaban J connectivity index is 1.10. The molecule has 7 N–H and O–H groups in total. The van der Waals surface area contributed by atoms with Gasteiger partial charge in [0.2, 0.25) is 11.8 Å². The van der Waals surface area contributed by atoms with Gasteiger partial charge >= 0.3 is 12.2 Å². The summed E-state index contributed by atoms with van der Waals surface area (Å²) in [5.41, 5.74) is 7.49. The number of amides is 4. The number of aromatic amines is 2. The number of carboxylic acid groups (broad SMARTS) is 1. The summed E-state index contributed by atoms with van der Waals surface area (Å²) in [7, 11) is 1.26. The Bertz CT molecular complexity index is 2600. The summed E-state index contributed by atoms with van der Waals surface area (Å²) in [5, 5.41) is 36.1. The summed E-state index contributed by atoms with van der Waals surface area (Å²) in [5.74, 6) is -0.138. The molecule has 2 aromatic heterocycles. The van der Waals surface area contributed by atoms with Crippen molar-refractivity contribution in [2.45, 2.75) is 128 Å². The molecule has 3 fully saturated rings. The lowest BCUT2D eigenvalue weighted by atomic mass is 9.87. The number of hydrogen-bond acceptors (Lipinski definition) is 10. The van der Waals surface area contributed by atoms with Gasteiger partial charge in [-0.1, -0.05) is 72.7 Å². The van der Waals surface area contributed by atoms with Crippen molar-refractivity contribution in [1.29, 1.82) is 0 Å². The van der Waals surface area contributed by atoms with E-state index in [1.165, 1.54) is 17.6 Å². The molecule has 66 heavy (non-hydrogen) atoms. The number of likely N-dealkylation sites (tertiary alicyclic amines) is 2. The molecule has 3 saturated heterocycles. The number of nitrogens with one attached hydrogen (secondary N) is 4. The maximum atomic E-state index is 13.9. The molecular formula is C49H63N9O8. The molecule has 17 heteroatoms. The quantitative estimate of drug-likeness (QED) is 0.0732. The molecule has 5 heterocycles. The summed E-state index contributed by atoms with van der Waals surface area (Å²) in [6.07, 6.45) is -1.25. The van der Waals surface area contributed by atoms with Crippen molar-refractivity contribution < 1.29 is 39.2 Å². The van der Waals surface area contributed by atoms with Crippen LogP contribution in [0.4, 0.5) is 15.3 Å². The van der Waals surface area contributed by atoms with Crippen LogP contribution >= 0.6 is 0 Å². The first kappa shape index (κ1) is 46.3. The highest BCUT2D eigenvalue weighted by Gasteiger charge is 2.43. The molecule has 8 rings (SSSR count). The monoisotopic (exact) mass is 905 g/mol. The number of methoxy groups -OCH3 is 1. The Morgan fingerprint density at radius 1 is 0.697 bits per heavy atom. The molecule has 3 aliphatic heterocycles. The lowest BCUT2D eigenvalue weighted by Gasteiger charge is -2.34. The fourth-order valence-electron chi connectivity index (χ4n) is 10.1. The minimum absolute atomic E-state index is 0.0237. The van der Waals surface area contributed by atoms with E-state index in [0.29, 0.717) is 18.1 Å². The molecular weight excluding hydrogens is 843 g/mol.